The van der Waals surface area contributed by atoms with E-state index in [9.17, 15) is 0 Å². The first-order chi connectivity index (χ1) is 7.30. The van der Waals surface area contributed by atoms with Crippen LogP contribution in [0, 0.1) is 0 Å². The first-order valence-electron chi connectivity index (χ1n) is 5.62. The van der Waals surface area contributed by atoms with Crippen LogP contribution in [-0.2, 0) is 14.2 Å². The van der Waals surface area contributed by atoms with E-state index >= 15 is 0 Å². The summed E-state index contributed by atoms with van der Waals surface area (Å²) < 4.78 is 17.6. The van der Waals surface area contributed by atoms with Gasteiger partial charge >= 0.3 is 0 Å². The van der Waals surface area contributed by atoms with E-state index in [2.05, 4.69) is 29.5 Å². The van der Waals surface area contributed by atoms with Crippen LogP contribution in [0.5, 0.6) is 0 Å². The lowest BCUT2D eigenvalue weighted by Crippen LogP contribution is -2.38. The lowest BCUT2D eigenvalue weighted by molar-refractivity contribution is -0.143. The quantitative estimate of drug-likeness (QED) is 0.426. The number of hydrogen-bond acceptors (Lipinski definition) is 3. The molecule has 0 aromatic rings. The third-order valence-electron chi connectivity index (χ3n) is 2.64. The van der Waals surface area contributed by atoms with E-state index in [0.717, 1.165) is 23.7 Å². The molecule has 4 heteroatoms. The standard InChI is InChI=1S/C11H21IO3/c1-3-4-9-5-10(14-8-13-2)6-11(7-12)15-9/h9-11H,3-8H2,1-2H3/t9-,10+,11-/m0/s1. The summed E-state index contributed by atoms with van der Waals surface area (Å²) in [5.41, 5.74) is 0. The summed E-state index contributed by atoms with van der Waals surface area (Å²) in [4.78, 5) is 0. The molecule has 0 unspecified atom stereocenters. The second kappa shape index (κ2) is 7.81. The van der Waals surface area contributed by atoms with Crippen LogP contribution < -0.4 is 0 Å². The maximum atomic E-state index is 5.96. The molecule has 3 nitrogen and oxygen atoms in total. The Morgan fingerprint density at radius 3 is 2.67 bits per heavy atom. The summed E-state index contributed by atoms with van der Waals surface area (Å²) in [6.45, 7) is 2.60. The summed E-state index contributed by atoms with van der Waals surface area (Å²) in [6.07, 6.45) is 5.39. The highest BCUT2D eigenvalue weighted by molar-refractivity contribution is 14.1. The third kappa shape index (κ3) is 4.97. The maximum Gasteiger partial charge on any atom is 0.146 e. The second-order valence-electron chi connectivity index (χ2n) is 3.99. The molecule has 1 aliphatic rings. The number of halogens is 1. The van der Waals surface area contributed by atoms with Crippen LogP contribution in [0.4, 0.5) is 0 Å². The number of methoxy groups -OCH3 is 1. The summed E-state index contributed by atoms with van der Waals surface area (Å²) in [5.74, 6) is 0. The molecular weight excluding hydrogens is 307 g/mol. The van der Waals surface area contributed by atoms with Crippen molar-refractivity contribution >= 4 is 22.6 Å². The minimum Gasteiger partial charge on any atom is -0.374 e. The largest absolute Gasteiger partial charge is 0.374 e. The molecule has 3 atom stereocenters. The van der Waals surface area contributed by atoms with Gasteiger partial charge in [-0.3, -0.25) is 0 Å². The molecule has 0 radical (unpaired) electrons. The van der Waals surface area contributed by atoms with Crippen molar-refractivity contribution in [2.75, 3.05) is 18.3 Å². The van der Waals surface area contributed by atoms with Gasteiger partial charge in [0.25, 0.3) is 0 Å². The molecular formula is C11H21IO3. The predicted octanol–water partition coefficient (Wildman–Crippen LogP) is 2.76. The molecule has 15 heavy (non-hydrogen) atoms. The van der Waals surface area contributed by atoms with Crippen molar-refractivity contribution in [2.24, 2.45) is 0 Å². The van der Waals surface area contributed by atoms with Crippen LogP contribution in [0.1, 0.15) is 32.6 Å². The summed E-state index contributed by atoms with van der Waals surface area (Å²) in [5, 5.41) is 0. The molecule has 1 rings (SSSR count). The molecule has 0 aromatic carbocycles. The molecule has 0 N–H and O–H groups in total. The van der Waals surface area contributed by atoms with Crippen LogP contribution in [0.3, 0.4) is 0 Å². The zero-order chi connectivity index (χ0) is 11.1. The Hall–Kier alpha value is 0.610. The van der Waals surface area contributed by atoms with Gasteiger partial charge in [0.15, 0.2) is 0 Å². The number of rotatable bonds is 6. The van der Waals surface area contributed by atoms with Gasteiger partial charge in [0.1, 0.15) is 6.79 Å². The van der Waals surface area contributed by atoms with Crippen molar-refractivity contribution in [1.29, 1.82) is 0 Å². The van der Waals surface area contributed by atoms with E-state index in [0.29, 0.717) is 25.1 Å². The molecule has 0 aromatic heterocycles. The minimum absolute atomic E-state index is 0.315. The molecule has 90 valence electrons. The van der Waals surface area contributed by atoms with Gasteiger partial charge in [-0.2, -0.15) is 0 Å². The SMILES string of the molecule is CCC[C@H]1C[C@@H](OCOC)C[C@@H](CI)O1. The normalized spacial score (nSPS) is 31.8. The highest BCUT2D eigenvalue weighted by atomic mass is 127. The van der Waals surface area contributed by atoms with Gasteiger partial charge in [-0.1, -0.05) is 35.9 Å². The third-order valence-corrected chi connectivity index (χ3v) is 3.62. The minimum atomic E-state index is 0.315. The monoisotopic (exact) mass is 328 g/mol. The molecule has 0 aliphatic carbocycles. The first-order valence-corrected chi connectivity index (χ1v) is 7.14. The second-order valence-corrected chi connectivity index (χ2v) is 4.87. The van der Waals surface area contributed by atoms with Crippen molar-refractivity contribution in [3.8, 4) is 0 Å². The van der Waals surface area contributed by atoms with Gasteiger partial charge in [-0.25, -0.2) is 0 Å². The molecule has 1 heterocycles. The Labute approximate surface area is 106 Å². The summed E-state index contributed by atoms with van der Waals surface area (Å²) in [7, 11) is 1.67. The van der Waals surface area contributed by atoms with Gasteiger partial charge < -0.3 is 14.2 Å². The van der Waals surface area contributed by atoms with Gasteiger partial charge in [-0.15, -0.1) is 0 Å². The van der Waals surface area contributed by atoms with E-state index in [1.165, 1.54) is 6.42 Å². The zero-order valence-electron chi connectivity index (χ0n) is 9.58. The van der Waals surface area contributed by atoms with Gasteiger partial charge in [0.05, 0.1) is 18.3 Å². The lowest BCUT2D eigenvalue weighted by atomic mass is 9.99. The highest BCUT2D eigenvalue weighted by Crippen LogP contribution is 2.25. The molecule has 0 spiro atoms. The Morgan fingerprint density at radius 1 is 1.33 bits per heavy atom. The summed E-state index contributed by atoms with van der Waals surface area (Å²) >= 11 is 2.38. The van der Waals surface area contributed by atoms with E-state index < -0.39 is 0 Å². The predicted molar refractivity (Wildman–Crippen MR) is 68.4 cm³/mol. The number of alkyl halides is 1. The Bertz CT molecular complexity index is 166. The molecule has 1 fully saturated rings. The van der Waals surface area contributed by atoms with Gasteiger partial charge in [0.2, 0.25) is 0 Å². The van der Waals surface area contributed by atoms with E-state index in [1.807, 2.05) is 0 Å². The maximum absolute atomic E-state index is 5.96. The van der Waals surface area contributed by atoms with Crippen molar-refractivity contribution in [3.05, 3.63) is 0 Å². The zero-order valence-corrected chi connectivity index (χ0v) is 11.7. The molecule has 0 amide bonds. The van der Waals surface area contributed by atoms with E-state index in [4.69, 9.17) is 14.2 Å². The van der Waals surface area contributed by atoms with Crippen LogP contribution in [0.25, 0.3) is 0 Å². The smallest absolute Gasteiger partial charge is 0.146 e. The van der Waals surface area contributed by atoms with Crippen molar-refractivity contribution < 1.29 is 14.2 Å². The van der Waals surface area contributed by atoms with Gasteiger partial charge in [-0.05, 0) is 12.8 Å². The fraction of sp³-hybridized carbons (Fsp3) is 1.00. The van der Waals surface area contributed by atoms with Crippen LogP contribution in [0.15, 0.2) is 0 Å². The average Bonchev–Trinajstić information content (AvgIpc) is 2.26. The topological polar surface area (TPSA) is 27.7 Å². The van der Waals surface area contributed by atoms with Crippen molar-refractivity contribution in [2.45, 2.75) is 50.9 Å². The Kier molecular flexibility index (Phi) is 7.12. The van der Waals surface area contributed by atoms with E-state index in [1.54, 1.807) is 7.11 Å². The fourth-order valence-corrected chi connectivity index (χ4v) is 2.54. The van der Waals surface area contributed by atoms with E-state index in [-0.39, 0.29) is 0 Å². The van der Waals surface area contributed by atoms with Gasteiger partial charge in [0, 0.05) is 18.0 Å². The molecule has 0 bridgehead atoms. The fourth-order valence-electron chi connectivity index (χ4n) is 1.97. The molecule has 1 aliphatic heterocycles. The summed E-state index contributed by atoms with van der Waals surface area (Å²) in [6, 6.07) is 0. The van der Waals surface area contributed by atoms with Crippen LogP contribution >= 0.6 is 22.6 Å². The van der Waals surface area contributed by atoms with Crippen molar-refractivity contribution in [3.63, 3.8) is 0 Å². The number of ether oxygens (including phenoxy) is 3. The van der Waals surface area contributed by atoms with Crippen molar-refractivity contribution in [1.82, 2.24) is 0 Å². The molecule has 1 saturated heterocycles. The van der Waals surface area contributed by atoms with Crippen LogP contribution in [0.2, 0.25) is 0 Å². The highest BCUT2D eigenvalue weighted by Gasteiger charge is 2.28. The molecule has 0 saturated carbocycles. The lowest BCUT2D eigenvalue weighted by Gasteiger charge is -2.34. The first kappa shape index (κ1) is 13.7. The Balaban J connectivity index is 2.36. The van der Waals surface area contributed by atoms with Crippen LogP contribution in [-0.4, -0.2) is 36.6 Å². The Morgan fingerprint density at radius 2 is 2.07 bits per heavy atom. The number of hydrogen-bond donors (Lipinski definition) is 0. The average molecular weight is 328 g/mol.